The number of aromatic nitrogens is 2. The minimum atomic E-state index is -0.314. The van der Waals surface area contributed by atoms with Crippen molar-refractivity contribution in [1.82, 2.24) is 15.5 Å². The number of carbonyl (C=O) groups excluding carboxylic acids is 1. The number of halogens is 1. The highest BCUT2D eigenvalue weighted by molar-refractivity contribution is 7.13. The molecule has 25 heavy (non-hydrogen) atoms. The molecule has 5 nitrogen and oxygen atoms in total. The van der Waals surface area contributed by atoms with Crippen LogP contribution in [0, 0.1) is 5.82 Å². The standard InChI is InChI=1S/C18H18FN3O2S/c1-4-14-15(16(22-24-14)11-5-7-12(19)8-6-11)18-21-13(9-25-18)17(23)20-10(2)3/h5-10H,4H2,1-3H3,(H,20,23). The first-order valence-electron chi connectivity index (χ1n) is 8.00. The first-order valence-corrected chi connectivity index (χ1v) is 8.88. The van der Waals surface area contributed by atoms with Gasteiger partial charge >= 0.3 is 0 Å². The summed E-state index contributed by atoms with van der Waals surface area (Å²) in [6, 6.07) is 6.09. The predicted molar refractivity (Wildman–Crippen MR) is 95.0 cm³/mol. The monoisotopic (exact) mass is 359 g/mol. The van der Waals surface area contributed by atoms with Gasteiger partial charge in [0, 0.05) is 23.4 Å². The van der Waals surface area contributed by atoms with E-state index < -0.39 is 0 Å². The number of nitrogens with zero attached hydrogens (tertiary/aromatic N) is 2. The van der Waals surface area contributed by atoms with E-state index in [1.807, 2.05) is 20.8 Å². The van der Waals surface area contributed by atoms with E-state index in [1.165, 1.54) is 23.5 Å². The summed E-state index contributed by atoms with van der Waals surface area (Å²) in [5.74, 6) is 0.159. The minimum Gasteiger partial charge on any atom is -0.360 e. The SMILES string of the molecule is CCc1onc(-c2ccc(F)cc2)c1-c1nc(C(=O)NC(C)C)cs1. The van der Waals surface area contributed by atoms with Crippen LogP contribution in [0.3, 0.4) is 0 Å². The Morgan fingerprint density at radius 2 is 2.04 bits per heavy atom. The van der Waals surface area contributed by atoms with Gasteiger partial charge in [0.05, 0.1) is 5.56 Å². The Kier molecular flexibility index (Phi) is 4.94. The lowest BCUT2D eigenvalue weighted by molar-refractivity contribution is 0.0939. The zero-order valence-electron chi connectivity index (χ0n) is 14.2. The van der Waals surface area contributed by atoms with Crippen LogP contribution < -0.4 is 5.32 Å². The van der Waals surface area contributed by atoms with Crippen LogP contribution in [-0.4, -0.2) is 22.1 Å². The van der Waals surface area contributed by atoms with Gasteiger partial charge in [-0.1, -0.05) is 12.1 Å². The smallest absolute Gasteiger partial charge is 0.270 e. The van der Waals surface area contributed by atoms with Crippen molar-refractivity contribution in [3.63, 3.8) is 0 Å². The summed E-state index contributed by atoms with van der Waals surface area (Å²) >= 11 is 1.36. The van der Waals surface area contributed by atoms with E-state index in [4.69, 9.17) is 4.52 Å². The van der Waals surface area contributed by atoms with Gasteiger partial charge < -0.3 is 9.84 Å². The maximum atomic E-state index is 13.2. The first-order chi connectivity index (χ1) is 12.0. The molecule has 0 unspecified atom stereocenters. The highest BCUT2D eigenvalue weighted by Crippen LogP contribution is 2.36. The number of carbonyl (C=O) groups is 1. The van der Waals surface area contributed by atoms with Gasteiger partial charge in [-0.2, -0.15) is 0 Å². The van der Waals surface area contributed by atoms with Gasteiger partial charge in [-0.05, 0) is 38.1 Å². The maximum absolute atomic E-state index is 13.2. The molecule has 0 saturated heterocycles. The number of benzene rings is 1. The average Bonchev–Trinajstić information content (AvgIpc) is 3.21. The van der Waals surface area contributed by atoms with E-state index in [9.17, 15) is 9.18 Å². The van der Waals surface area contributed by atoms with Crippen LogP contribution in [0.15, 0.2) is 34.2 Å². The van der Waals surface area contributed by atoms with E-state index in [0.29, 0.717) is 28.6 Å². The molecule has 1 aromatic carbocycles. The molecule has 0 aliphatic heterocycles. The van der Waals surface area contributed by atoms with E-state index in [0.717, 1.165) is 11.1 Å². The van der Waals surface area contributed by atoms with Crippen LogP contribution in [-0.2, 0) is 6.42 Å². The molecule has 0 bridgehead atoms. The summed E-state index contributed by atoms with van der Waals surface area (Å²) in [6.45, 7) is 5.75. The fraction of sp³-hybridized carbons (Fsp3) is 0.278. The summed E-state index contributed by atoms with van der Waals surface area (Å²) in [5.41, 5.74) is 2.45. The number of nitrogens with one attached hydrogen (secondary N) is 1. The molecule has 1 N–H and O–H groups in total. The van der Waals surface area contributed by atoms with Crippen LogP contribution in [0.1, 0.15) is 37.0 Å². The lowest BCUT2D eigenvalue weighted by Gasteiger charge is -2.05. The van der Waals surface area contributed by atoms with Crippen molar-refractivity contribution in [2.75, 3.05) is 0 Å². The lowest BCUT2D eigenvalue weighted by atomic mass is 10.1. The Bertz CT molecular complexity index is 884. The van der Waals surface area contributed by atoms with E-state index >= 15 is 0 Å². The van der Waals surface area contributed by atoms with Crippen molar-refractivity contribution in [3.8, 4) is 21.8 Å². The van der Waals surface area contributed by atoms with Crippen LogP contribution in [0.5, 0.6) is 0 Å². The van der Waals surface area contributed by atoms with Gasteiger partial charge in [0.1, 0.15) is 28.0 Å². The quantitative estimate of drug-likeness (QED) is 0.737. The van der Waals surface area contributed by atoms with Crippen molar-refractivity contribution in [3.05, 3.63) is 46.9 Å². The Balaban J connectivity index is 2.02. The fourth-order valence-electron chi connectivity index (χ4n) is 2.42. The summed E-state index contributed by atoms with van der Waals surface area (Å²) in [5, 5.41) is 9.33. The van der Waals surface area contributed by atoms with Crippen LogP contribution >= 0.6 is 11.3 Å². The molecule has 130 valence electrons. The average molecular weight is 359 g/mol. The molecule has 0 saturated carbocycles. The summed E-state index contributed by atoms with van der Waals surface area (Å²) in [4.78, 5) is 16.6. The molecule has 0 aliphatic rings. The lowest BCUT2D eigenvalue weighted by Crippen LogP contribution is -2.30. The second kappa shape index (κ2) is 7.14. The van der Waals surface area contributed by atoms with Gasteiger partial charge in [-0.15, -0.1) is 11.3 Å². The summed E-state index contributed by atoms with van der Waals surface area (Å²) in [6.07, 6.45) is 0.636. The summed E-state index contributed by atoms with van der Waals surface area (Å²) in [7, 11) is 0. The molecule has 2 heterocycles. The number of thiazole rings is 1. The maximum Gasteiger partial charge on any atom is 0.270 e. The topological polar surface area (TPSA) is 68.0 Å². The van der Waals surface area contributed by atoms with Crippen molar-refractivity contribution in [2.45, 2.75) is 33.2 Å². The number of amides is 1. The number of rotatable bonds is 5. The van der Waals surface area contributed by atoms with Gasteiger partial charge in [-0.25, -0.2) is 9.37 Å². The van der Waals surface area contributed by atoms with Crippen molar-refractivity contribution in [2.24, 2.45) is 0 Å². The number of aryl methyl sites for hydroxylation is 1. The Hall–Kier alpha value is -2.54. The Morgan fingerprint density at radius 1 is 1.32 bits per heavy atom. The minimum absolute atomic E-state index is 0.0363. The van der Waals surface area contributed by atoms with Crippen molar-refractivity contribution < 1.29 is 13.7 Å². The highest BCUT2D eigenvalue weighted by atomic mass is 32.1. The molecule has 0 aliphatic carbocycles. The van der Waals surface area contributed by atoms with Crippen LogP contribution in [0.25, 0.3) is 21.8 Å². The van der Waals surface area contributed by atoms with E-state index in [1.54, 1.807) is 17.5 Å². The highest BCUT2D eigenvalue weighted by Gasteiger charge is 2.22. The van der Waals surface area contributed by atoms with E-state index in [-0.39, 0.29) is 17.8 Å². The third-order valence-corrected chi connectivity index (χ3v) is 4.43. The molecule has 7 heteroatoms. The van der Waals surface area contributed by atoms with Gasteiger partial charge in [-0.3, -0.25) is 4.79 Å². The molecule has 0 spiro atoms. The third kappa shape index (κ3) is 3.61. The molecule has 2 aromatic heterocycles. The molecule has 1 amide bonds. The van der Waals surface area contributed by atoms with Crippen molar-refractivity contribution in [1.29, 1.82) is 0 Å². The fourth-order valence-corrected chi connectivity index (χ4v) is 3.28. The van der Waals surface area contributed by atoms with Crippen LogP contribution in [0.4, 0.5) is 4.39 Å². The zero-order valence-corrected chi connectivity index (χ0v) is 15.0. The first kappa shape index (κ1) is 17.3. The molecule has 0 atom stereocenters. The third-order valence-electron chi connectivity index (χ3n) is 3.57. The summed E-state index contributed by atoms with van der Waals surface area (Å²) < 4.78 is 18.6. The second-order valence-electron chi connectivity index (χ2n) is 5.86. The molecular formula is C18H18FN3O2S. The van der Waals surface area contributed by atoms with Gasteiger partial charge in [0.2, 0.25) is 0 Å². The molecular weight excluding hydrogens is 341 g/mol. The Labute approximate surface area is 148 Å². The van der Waals surface area contributed by atoms with Crippen LogP contribution in [0.2, 0.25) is 0 Å². The van der Waals surface area contributed by atoms with E-state index in [2.05, 4.69) is 15.5 Å². The molecule has 0 radical (unpaired) electrons. The molecule has 3 rings (SSSR count). The van der Waals surface area contributed by atoms with Gasteiger partial charge in [0.25, 0.3) is 5.91 Å². The number of hydrogen-bond acceptors (Lipinski definition) is 5. The predicted octanol–water partition coefficient (Wildman–Crippen LogP) is 4.30. The normalized spacial score (nSPS) is 11.1. The zero-order chi connectivity index (χ0) is 18.0. The molecule has 0 fully saturated rings. The number of hydrogen-bond donors (Lipinski definition) is 1. The van der Waals surface area contributed by atoms with Gasteiger partial charge in [0.15, 0.2) is 0 Å². The molecule has 3 aromatic rings. The van der Waals surface area contributed by atoms with Crippen molar-refractivity contribution >= 4 is 17.2 Å². The Morgan fingerprint density at radius 3 is 2.68 bits per heavy atom. The second-order valence-corrected chi connectivity index (χ2v) is 6.71. The largest absolute Gasteiger partial charge is 0.360 e.